The number of H-pyrrole nitrogens is 1. The number of nitrogens with one attached hydrogen (secondary N) is 1. The van der Waals surface area contributed by atoms with E-state index in [4.69, 9.17) is 0 Å². The maximum Gasteiger partial charge on any atom is 0.0919 e. The van der Waals surface area contributed by atoms with E-state index in [1.807, 2.05) is 0 Å². The lowest BCUT2D eigenvalue weighted by atomic mass is 11.0. The van der Waals surface area contributed by atoms with Crippen molar-refractivity contribution in [2.24, 2.45) is 5.14 Å². The van der Waals surface area contributed by atoms with Gasteiger partial charge in [-0.25, -0.2) is 4.98 Å². The molecule has 7 heavy (non-hydrogen) atoms. The van der Waals surface area contributed by atoms with Crippen LogP contribution in [0.25, 0.3) is 0 Å². The van der Waals surface area contributed by atoms with Gasteiger partial charge >= 0.3 is 0 Å². The highest BCUT2D eigenvalue weighted by Crippen LogP contribution is 1.62. The van der Waals surface area contributed by atoms with Gasteiger partial charge in [0.1, 0.15) is 0 Å². The maximum absolute atomic E-state index is 4.19. The van der Waals surface area contributed by atoms with Gasteiger partial charge in [0, 0.05) is 12.4 Å². The van der Waals surface area contributed by atoms with E-state index >= 15 is 0 Å². The topological polar surface area (TPSA) is 54.7 Å². The monoisotopic (exact) mass is 117 g/mol. The highest BCUT2D eigenvalue weighted by Gasteiger charge is 1.56. The predicted octanol–water partition coefficient (Wildman–Crippen LogP) is 0.200. The molecule has 0 bridgehead atoms. The first-order valence-corrected chi connectivity index (χ1v) is 2.20. The van der Waals surface area contributed by atoms with Gasteiger partial charge in [0.05, 0.1) is 6.33 Å². The van der Waals surface area contributed by atoms with Crippen LogP contribution in [0, 0.1) is 0 Å². The van der Waals surface area contributed by atoms with E-state index in [2.05, 4.69) is 27.9 Å². The second-order valence-electron chi connectivity index (χ2n) is 0.761. The van der Waals surface area contributed by atoms with E-state index < -0.39 is 0 Å². The van der Waals surface area contributed by atoms with Crippen LogP contribution >= 0.6 is 12.8 Å². The molecule has 1 aromatic rings. The Morgan fingerprint density at radius 1 is 1.57 bits per heavy atom. The average molecular weight is 117 g/mol. The number of hydrogen-bond donors (Lipinski definition) is 3. The summed E-state index contributed by atoms with van der Waals surface area (Å²) in [5, 5.41) is 4.19. The first kappa shape index (κ1) is 6.52. The van der Waals surface area contributed by atoms with Gasteiger partial charge in [0.25, 0.3) is 0 Å². The molecule has 1 rings (SSSR count). The van der Waals surface area contributed by atoms with Crippen molar-refractivity contribution in [3.05, 3.63) is 18.7 Å². The molecule has 4 heteroatoms. The van der Waals surface area contributed by atoms with Crippen LogP contribution in [-0.2, 0) is 0 Å². The molecule has 0 aliphatic rings. The second kappa shape index (κ2) is 5.52. The number of imidazole rings is 1. The number of thiol groups is 1. The molecule has 0 unspecified atom stereocenters. The molecule has 0 amide bonds. The Kier molecular flexibility index (Phi) is 5.14. The summed E-state index contributed by atoms with van der Waals surface area (Å²) < 4.78 is 0. The Bertz CT molecular complexity index is 66.7. The molecule has 0 saturated heterocycles. The normalized spacial score (nSPS) is 6.57. The molecule has 0 aliphatic carbocycles. The quantitative estimate of drug-likeness (QED) is 0.425. The summed E-state index contributed by atoms with van der Waals surface area (Å²) >= 11 is 3.03. The van der Waals surface area contributed by atoms with Crippen LogP contribution in [0.15, 0.2) is 18.7 Å². The summed E-state index contributed by atoms with van der Waals surface area (Å²) in [6, 6.07) is 0. The van der Waals surface area contributed by atoms with Crippen molar-refractivity contribution in [2.75, 3.05) is 0 Å². The summed E-state index contributed by atoms with van der Waals surface area (Å²) in [5.74, 6) is 0. The Balaban J connectivity index is 0.000000162. The fraction of sp³-hybridized carbons (Fsp3) is 0. The fourth-order valence-electron chi connectivity index (χ4n) is 0.215. The summed E-state index contributed by atoms with van der Waals surface area (Å²) in [7, 11) is 0. The van der Waals surface area contributed by atoms with Gasteiger partial charge in [0.15, 0.2) is 0 Å². The molecule has 1 aromatic heterocycles. The van der Waals surface area contributed by atoms with Crippen LogP contribution in [-0.4, -0.2) is 9.97 Å². The average Bonchev–Trinajstić information content (AvgIpc) is 2.23. The van der Waals surface area contributed by atoms with E-state index in [1.165, 1.54) is 0 Å². The zero-order valence-electron chi connectivity index (χ0n) is 3.70. The minimum Gasteiger partial charge on any atom is -0.351 e. The van der Waals surface area contributed by atoms with Crippen LogP contribution in [0.2, 0.25) is 0 Å². The summed E-state index contributed by atoms with van der Waals surface area (Å²) in [6.07, 6.45) is 5.08. The molecule has 0 aliphatic heterocycles. The van der Waals surface area contributed by atoms with E-state index in [1.54, 1.807) is 18.7 Å². The molecule has 1 heterocycles. The van der Waals surface area contributed by atoms with E-state index in [-0.39, 0.29) is 0 Å². The van der Waals surface area contributed by atoms with Gasteiger partial charge in [0.2, 0.25) is 0 Å². The lowest BCUT2D eigenvalue weighted by Gasteiger charge is -1.46. The molecular weight excluding hydrogens is 110 g/mol. The fourth-order valence-corrected chi connectivity index (χ4v) is 0.215. The SMILES string of the molecule is NS.c1c[nH]cn1. The zero-order valence-corrected chi connectivity index (χ0v) is 4.60. The molecule has 0 spiro atoms. The van der Waals surface area contributed by atoms with Crippen molar-refractivity contribution in [1.29, 1.82) is 0 Å². The zero-order chi connectivity index (χ0) is 5.54. The van der Waals surface area contributed by atoms with Gasteiger partial charge in [-0.3, -0.25) is 5.14 Å². The van der Waals surface area contributed by atoms with Crippen molar-refractivity contribution in [2.45, 2.75) is 0 Å². The third-order valence-corrected chi connectivity index (χ3v) is 0.406. The Labute approximate surface area is 47.5 Å². The van der Waals surface area contributed by atoms with Crippen LogP contribution in [0.5, 0.6) is 0 Å². The summed E-state index contributed by atoms with van der Waals surface area (Å²) in [5.41, 5.74) is 0. The lowest BCUT2D eigenvalue weighted by molar-refractivity contribution is 1.31. The highest BCUT2D eigenvalue weighted by atomic mass is 32.1. The van der Waals surface area contributed by atoms with Gasteiger partial charge in [-0.2, -0.15) is 0 Å². The predicted molar refractivity (Wildman–Crippen MR) is 31.8 cm³/mol. The van der Waals surface area contributed by atoms with E-state index in [9.17, 15) is 0 Å². The molecule has 0 fully saturated rings. The van der Waals surface area contributed by atoms with Crippen molar-refractivity contribution in [1.82, 2.24) is 9.97 Å². The van der Waals surface area contributed by atoms with Crippen molar-refractivity contribution in [3.63, 3.8) is 0 Å². The number of aromatic nitrogens is 2. The van der Waals surface area contributed by atoms with Gasteiger partial charge in [-0.05, 0) is 0 Å². The number of nitrogens with zero attached hydrogens (tertiary/aromatic N) is 1. The largest absolute Gasteiger partial charge is 0.351 e. The number of aromatic amines is 1. The molecular formula is C3H7N3S. The molecule has 0 aromatic carbocycles. The smallest absolute Gasteiger partial charge is 0.0919 e. The van der Waals surface area contributed by atoms with Gasteiger partial charge in [-0.1, -0.05) is 0 Å². The summed E-state index contributed by atoms with van der Waals surface area (Å²) in [4.78, 5) is 6.42. The molecule has 40 valence electrons. The number of hydrogen-bond acceptors (Lipinski definition) is 3. The Morgan fingerprint density at radius 2 is 2.29 bits per heavy atom. The van der Waals surface area contributed by atoms with Crippen molar-refractivity contribution < 1.29 is 0 Å². The van der Waals surface area contributed by atoms with Gasteiger partial charge in [-0.15, -0.1) is 12.8 Å². The molecule has 3 nitrogen and oxygen atoms in total. The van der Waals surface area contributed by atoms with Crippen LogP contribution in [0.1, 0.15) is 0 Å². The Hall–Kier alpha value is -0.480. The van der Waals surface area contributed by atoms with Gasteiger partial charge < -0.3 is 4.98 Å². The first-order valence-electron chi connectivity index (χ1n) is 1.69. The standard InChI is InChI=1S/C3H4N2.H3NS/c1-2-5-3-4-1;1-2/h1-3H,(H,4,5);2H,1H2. The van der Waals surface area contributed by atoms with Crippen LogP contribution in [0.4, 0.5) is 0 Å². The van der Waals surface area contributed by atoms with E-state index in [0.717, 1.165) is 0 Å². The Morgan fingerprint density at radius 3 is 2.43 bits per heavy atom. The first-order chi connectivity index (χ1) is 3.50. The lowest BCUT2D eigenvalue weighted by Crippen LogP contribution is -1.49. The van der Waals surface area contributed by atoms with E-state index in [0.29, 0.717) is 0 Å². The molecule has 0 saturated carbocycles. The molecule has 3 N–H and O–H groups in total. The summed E-state index contributed by atoms with van der Waals surface area (Å²) in [6.45, 7) is 0. The maximum atomic E-state index is 4.19. The highest BCUT2D eigenvalue weighted by molar-refractivity contribution is 7.77. The van der Waals surface area contributed by atoms with Crippen LogP contribution < -0.4 is 5.14 Å². The second-order valence-corrected chi connectivity index (χ2v) is 0.761. The van der Waals surface area contributed by atoms with Crippen molar-refractivity contribution >= 4 is 12.8 Å². The third kappa shape index (κ3) is 3.35. The molecule has 0 radical (unpaired) electrons. The third-order valence-electron chi connectivity index (χ3n) is 0.406. The van der Waals surface area contributed by atoms with Crippen LogP contribution in [0.3, 0.4) is 0 Å². The number of rotatable bonds is 0. The molecule has 0 atom stereocenters. The minimum atomic E-state index is 1.62. The number of nitrogens with two attached hydrogens (primary N) is 1. The van der Waals surface area contributed by atoms with Crippen molar-refractivity contribution in [3.8, 4) is 0 Å². The minimum absolute atomic E-state index is 1.62.